The summed E-state index contributed by atoms with van der Waals surface area (Å²) in [6.45, 7) is 4.72. The molecule has 2 aromatic rings. The molecule has 0 fully saturated rings. The molecule has 14 nitrogen and oxygen atoms in total. The normalized spacial score (nSPS) is 15.5. The van der Waals surface area contributed by atoms with Crippen LogP contribution in [-0.4, -0.2) is 84.1 Å². The van der Waals surface area contributed by atoms with E-state index in [0.717, 1.165) is 0 Å². The lowest BCUT2D eigenvalue weighted by molar-refractivity contribution is -0.142. The molecule has 0 spiro atoms. The van der Waals surface area contributed by atoms with Crippen LogP contribution < -0.4 is 21.7 Å². The Hall–Kier alpha value is -3.78. The van der Waals surface area contributed by atoms with Crippen LogP contribution >= 0.6 is 0 Å². The van der Waals surface area contributed by atoms with Gasteiger partial charge in [-0.05, 0) is 12.8 Å². The number of H-pyrrole nitrogens is 2. The minimum Gasteiger partial charge on any atom is -0.480 e. The highest BCUT2D eigenvalue weighted by atomic mass is 16.4. The van der Waals surface area contributed by atoms with E-state index in [1.54, 1.807) is 13.8 Å². The molecule has 0 aliphatic carbocycles. The fraction of sp³-hybridized carbons (Fsp3) is 0.524. The largest absolute Gasteiger partial charge is 0.480 e. The number of rotatable bonds is 13. The second kappa shape index (κ2) is 12.6. The molecule has 9 N–H and O–H groups in total. The van der Waals surface area contributed by atoms with Gasteiger partial charge in [-0.3, -0.25) is 14.4 Å². The lowest BCUT2D eigenvalue weighted by Crippen LogP contribution is -2.59. The van der Waals surface area contributed by atoms with Crippen LogP contribution in [0.4, 0.5) is 0 Å². The van der Waals surface area contributed by atoms with Crippen LogP contribution in [0.3, 0.4) is 0 Å². The minimum absolute atomic E-state index is 0.0140. The molecule has 0 saturated heterocycles. The predicted octanol–water partition coefficient (Wildman–Crippen LogP) is -2.18. The van der Waals surface area contributed by atoms with Crippen molar-refractivity contribution in [1.29, 1.82) is 0 Å². The zero-order valence-corrected chi connectivity index (χ0v) is 19.7. The average molecular weight is 493 g/mol. The van der Waals surface area contributed by atoms with Crippen LogP contribution in [-0.2, 0) is 32.0 Å². The topological polar surface area (TPSA) is 228 Å². The van der Waals surface area contributed by atoms with E-state index < -0.39 is 54.0 Å². The first kappa shape index (κ1) is 27.5. The molecular weight excluding hydrogens is 460 g/mol. The van der Waals surface area contributed by atoms with E-state index in [9.17, 15) is 29.4 Å². The smallest absolute Gasteiger partial charge is 0.326 e. The molecule has 35 heavy (non-hydrogen) atoms. The number of aromatic amines is 2. The van der Waals surface area contributed by atoms with Crippen molar-refractivity contribution in [2.45, 2.75) is 63.9 Å². The number of carboxylic acid groups (broad SMARTS) is 1. The number of aliphatic hydroxyl groups excluding tert-OH is 1. The van der Waals surface area contributed by atoms with Crippen molar-refractivity contribution in [3.63, 3.8) is 0 Å². The zero-order valence-electron chi connectivity index (χ0n) is 19.7. The monoisotopic (exact) mass is 492 g/mol. The number of amides is 3. The summed E-state index contributed by atoms with van der Waals surface area (Å²) >= 11 is 0. The number of imidazole rings is 2. The average Bonchev–Trinajstić information content (AvgIpc) is 3.49. The summed E-state index contributed by atoms with van der Waals surface area (Å²) in [4.78, 5) is 63.5. The van der Waals surface area contributed by atoms with Crippen LogP contribution in [0, 0.1) is 5.92 Å². The lowest BCUT2D eigenvalue weighted by atomic mass is 10.0. The molecule has 2 rings (SSSR count). The first-order valence-electron chi connectivity index (χ1n) is 11.0. The van der Waals surface area contributed by atoms with Crippen LogP contribution in [0.2, 0.25) is 0 Å². The van der Waals surface area contributed by atoms with Gasteiger partial charge in [0, 0.05) is 36.6 Å². The van der Waals surface area contributed by atoms with Crippen molar-refractivity contribution in [3.05, 3.63) is 36.4 Å². The van der Waals surface area contributed by atoms with Gasteiger partial charge < -0.3 is 41.9 Å². The Morgan fingerprint density at radius 3 is 1.83 bits per heavy atom. The minimum atomic E-state index is -1.28. The number of hydrogen-bond acceptors (Lipinski definition) is 8. The third kappa shape index (κ3) is 8.19. The molecule has 14 heteroatoms. The Labute approximate surface area is 201 Å². The second-order valence-corrected chi connectivity index (χ2v) is 8.52. The first-order chi connectivity index (χ1) is 16.5. The number of hydrogen-bond donors (Lipinski definition) is 8. The van der Waals surface area contributed by atoms with Gasteiger partial charge in [0.2, 0.25) is 17.7 Å². The molecule has 0 bridgehead atoms. The standard InChI is InChI=1S/C21H32N8O6/c1-10(2)17(29-19(32)16(22)11(3)30)20(33)27-14(4-12-6-23-8-25-12)18(31)28-15(21(34)35)5-13-7-24-9-26-13/h6-11,14-17,30H,4-5,22H2,1-3H3,(H,23,25)(H,24,26)(H,27,33)(H,28,31)(H,29,32)(H,34,35). The van der Waals surface area contributed by atoms with Crippen molar-refractivity contribution in [1.82, 2.24) is 35.9 Å². The Kier molecular flexibility index (Phi) is 9.90. The number of carboxylic acids is 1. The summed E-state index contributed by atoms with van der Waals surface area (Å²) < 4.78 is 0. The molecule has 5 unspecified atom stereocenters. The highest BCUT2D eigenvalue weighted by Gasteiger charge is 2.32. The fourth-order valence-electron chi connectivity index (χ4n) is 3.18. The van der Waals surface area contributed by atoms with E-state index in [2.05, 4.69) is 35.9 Å². The maximum atomic E-state index is 13.1. The van der Waals surface area contributed by atoms with Crippen LogP contribution in [0.1, 0.15) is 32.2 Å². The SMILES string of the molecule is CC(C)C(NC(=O)C(N)C(C)O)C(=O)NC(Cc1cnc[nH]1)C(=O)NC(Cc1cnc[nH]1)C(=O)O. The number of nitrogens with two attached hydrogens (primary N) is 1. The summed E-state index contributed by atoms with van der Waals surface area (Å²) in [5, 5.41) is 26.6. The van der Waals surface area contributed by atoms with Crippen LogP contribution in [0.25, 0.3) is 0 Å². The maximum absolute atomic E-state index is 13.1. The number of carbonyl (C=O) groups excluding carboxylic acids is 3. The molecule has 0 aliphatic rings. The van der Waals surface area contributed by atoms with Crippen molar-refractivity contribution in [3.8, 4) is 0 Å². The summed E-state index contributed by atoms with van der Waals surface area (Å²) in [5.74, 6) is -3.79. The summed E-state index contributed by atoms with van der Waals surface area (Å²) in [7, 11) is 0. The number of aromatic nitrogens is 4. The molecule has 2 aromatic heterocycles. The van der Waals surface area contributed by atoms with Crippen molar-refractivity contribution >= 4 is 23.7 Å². The van der Waals surface area contributed by atoms with Gasteiger partial charge in [0.1, 0.15) is 24.2 Å². The summed E-state index contributed by atoms with van der Waals surface area (Å²) in [6.07, 6.45) is 4.51. The lowest BCUT2D eigenvalue weighted by Gasteiger charge is -2.27. The molecular formula is C21H32N8O6. The molecule has 3 amide bonds. The Morgan fingerprint density at radius 1 is 0.886 bits per heavy atom. The number of carbonyl (C=O) groups is 4. The van der Waals surface area contributed by atoms with Gasteiger partial charge in [-0.15, -0.1) is 0 Å². The first-order valence-corrected chi connectivity index (χ1v) is 11.0. The maximum Gasteiger partial charge on any atom is 0.326 e. The van der Waals surface area contributed by atoms with Gasteiger partial charge in [0.15, 0.2) is 0 Å². The highest BCUT2D eigenvalue weighted by molar-refractivity contribution is 5.94. The van der Waals surface area contributed by atoms with Crippen molar-refractivity contribution in [2.75, 3.05) is 0 Å². The summed E-state index contributed by atoms with van der Waals surface area (Å²) in [6, 6.07) is -4.78. The van der Waals surface area contributed by atoms with Gasteiger partial charge >= 0.3 is 5.97 Å². The molecule has 0 radical (unpaired) electrons. The third-order valence-electron chi connectivity index (χ3n) is 5.27. The van der Waals surface area contributed by atoms with Gasteiger partial charge in [-0.2, -0.15) is 0 Å². The number of nitrogens with one attached hydrogen (secondary N) is 5. The molecule has 0 aliphatic heterocycles. The Bertz CT molecular complexity index is 976. The number of aliphatic carboxylic acids is 1. The van der Waals surface area contributed by atoms with Gasteiger partial charge in [-0.25, -0.2) is 14.8 Å². The van der Waals surface area contributed by atoms with Crippen LogP contribution in [0.5, 0.6) is 0 Å². The quantitative estimate of drug-likeness (QED) is 0.152. The van der Waals surface area contributed by atoms with Gasteiger partial charge in [-0.1, -0.05) is 13.8 Å². The van der Waals surface area contributed by atoms with E-state index >= 15 is 0 Å². The van der Waals surface area contributed by atoms with Crippen LogP contribution in [0.15, 0.2) is 25.0 Å². The summed E-state index contributed by atoms with van der Waals surface area (Å²) in [5.41, 5.74) is 6.68. The molecule has 2 heterocycles. The van der Waals surface area contributed by atoms with Gasteiger partial charge in [0.25, 0.3) is 0 Å². The molecule has 0 saturated carbocycles. The van der Waals surface area contributed by atoms with E-state index in [-0.39, 0.29) is 18.8 Å². The number of nitrogens with zero attached hydrogens (tertiary/aromatic N) is 2. The third-order valence-corrected chi connectivity index (χ3v) is 5.27. The van der Waals surface area contributed by atoms with E-state index in [0.29, 0.717) is 11.4 Å². The number of aliphatic hydroxyl groups is 1. The van der Waals surface area contributed by atoms with Crippen molar-refractivity contribution in [2.24, 2.45) is 11.7 Å². The zero-order chi connectivity index (χ0) is 26.1. The fourth-order valence-corrected chi connectivity index (χ4v) is 3.18. The molecule has 5 atom stereocenters. The highest BCUT2D eigenvalue weighted by Crippen LogP contribution is 2.07. The van der Waals surface area contributed by atoms with E-state index in [1.165, 1.54) is 32.0 Å². The van der Waals surface area contributed by atoms with Crippen molar-refractivity contribution < 1.29 is 29.4 Å². The Morgan fingerprint density at radius 2 is 1.40 bits per heavy atom. The van der Waals surface area contributed by atoms with E-state index in [1.807, 2.05) is 0 Å². The molecule has 192 valence electrons. The predicted molar refractivity (Wildman–Crippen MR) is 123 cm³/mol. The Balaban J connectivity index is 2.18. The van der Waals surface area contributed by atoms with E-state index in [4.69, 9.17) is 5.73 Å². The van der Waals surface area contributed by atoms with Gasteiger partial charge in [0.05, 0.1) is 18.8 Å². The second-order valence-electron chi connectivity index (χ2n) is 8.52. The molecule has 0 aromatic carbocycles.